The topological polar surface area (TPSA) is 111 Å². The minimum atomic E-state index is -0.701. The van der Waals surface area contributed by atoms with Crippen molar-refractivity contribution in [1.29, 1.82) is 0 Å². The first-order valence-electron chi connectivity index (χ1n) is 8.52. The molecule has 2 heterocycles. The number of aromatic nitrogens is 2. The van der Waals surface area contributed by atoms with Crippen molar-refractivity contribution >= 4 is 16.9 Å². The van der Waals surface area contributed by atoms with Crippen LogP contribution < -0.4 is 16.1 Å². The van der Waals surface area contributed by atoms with E-state index in [-0.39, 0.29) is 23.0 Å². The molecule has 2 aromatic carbocycles. The van der Waals surface area contributed by atoms with Crippen LogP contribution in [-0.2, 0) is 0 Å². The van der Waals surface area contributed by atoms with E-state index in [0.717, 1.165) is 11.1 Å². The predicted octanol–water partition coefficient (Wildman–Crippen LogP) is 3.52. The Kier molecular flexibility index (Phi) is 4.19. The van der Waals surface area contributed by atoms with Gasteiger partial charge in [0.2, 0.25) is 5.95 Å². The number of hydrogen-bond acceptors (Lipinski definition) is 7. The van der Waals surface area contributed by atoms with Crippen LogP contribution in [0.25, 0.3) is 33.5 Å². The number of nitrogen functional groups attached to an aromatic ring is 1. The second kappa shape index (κ2) is 6.70. The van der Waals surface area contributed by atoms with Gasteiger partial charge < -0.3 is 20.0 Å². The lowest BCUT2D eigenvalue weighted by atomic mass is 10.1. The highest BCUT2D eigenvalue weighted by Crippen LogP contribution is 2.34. The lowest BCUT2D eigenvalue weighted by Gasteiger charge is -2.09. The zero-order valence-corrected chi connectivity index (χ0v) is 15.3. The summed E-state index contributed by atoms with van der Waals surface area (Å²) in [5.41, 5.74) is 7.79. The average Bonchev–Trinajstić information content (AvgIpc) is 2.68. The zero-order chi connectivity index (χ0) is 19.8. The molecule has 7 nitrogen and oxygen atoms in total. The third-order valence-electron chi connectivity index (χ3n) is 4.42. The van der Waals surface area contributed by atoms with Gasteiger partial charge >= 0.3 is 5.63 Å². The molecule has 0 saturated heterocycles. The van der Waals surface area contributed by atoms with Crippen molar-refractivity contribution in [2.75, 3.05) is 12.8 Å². The summed E-state index contributed by atoms with van der Waals surface area (Å²) in [6.45, 7) is 1.88. The third-order valence-corrected chi connectivity index (χ3v) is 4.42. The Bertz CT molecular complexity index is 1250. The van der Waals surface area contributed by atoms with Crippen molar-refractivity contribution in [2.24, 2.45) is 0 Å². The van der Waals surface area contributed by atoms with E-state index in [1.807, 2.05) is 19.1 Å². The van der Waals surface area contributed by atoms with Crippen LogP contribution in [0.2, 0.25) is 0 Å². The lowest BCUT2D eigenvalue weighted by molar-refractivity contribution is 0.415. The van der Waals surface area contributed by atoms with E-state index in [9.17, 15) is 9.90 Å². The fourth-order valence-electron chi connectivity index (χ4n) is 3.03. The summed E-state index contributed by atoms with van der Waals surface area (Å²) in [6.07, 6.45) is 0. The summed E-state index contributed by atoms with van der Waals surface area (Å²) in [6, 6.07) is 14.0. The SMILES string of the molecule is COc1ccc(-c2cc(-c3c(O)c4cc(C)ccc4oc3=O)nc(N)n2)cc1. The standard InChI is InChI=1S/C21H17N3O4/c1-11-3-8-17-14(9-11)19(25)18(20(26)28-17)16-10-15(23-21(22)24-16)12-4-6-13(27-2)7-5-12/h3-10,25H,1-2H3,(H2,22,23,24). The van der Waals surface area contributed by atoms with Crippen molar-refractivity contribution in [3.8, 4) is 34.0 Å². The summed E-state index contributed by atoms with van der Waals surface area (Å²) in [7, 11) is 1.58. The number of nitrogens with zero attached hydrogens (tertiary/aromatic N) is 2. The van der Waals surface area contributed by atoms with Crippen molar-refractivity contribution in [1.82, 2.24) is 9.97 Å². The van der Waals surface area contributed by atoms with Crippen molar-refractivity contribution in [3.05, 3.63) is 64.5 Å². The Morgan fingerprint density at radius 1 is 1.04 bits per heavy atom. The molecular weight excluding hydrogens is 358 g/mol. The summed E-state index contributed by atoms with van der Waals surface area (Å²) in [4.78, 5) is 20.9. The number of ether oxygens (including phenoxy) is 1. The molecular formula is C21H17N3O4. The van der Waals surface area contributed by atoms with Crippen molar-refractivity contribution < 1.29 is 14.3 Å². The van der Waals surface area contributed by atoms with E-state index < -0.39 is 5.63 Å². The minimum Gasteiger partial charge on any atom is -0.506 e. The summed E-state index contributed by atoms with van der Waals surface area (Å²) in [5, 5.41) is 11.2. The summed E-state index contributed by atoms with van der Waals surface area (Å²) < 4.78 is 10.5. The summed E-state index contributed by atoms with van der Waals surface area (Å²) >= 11 is 0. The molecule has 4 aromatic rings. The molecule has 0 atom stereocenters. The number of aromatic hydroxyl groups is 1. The van der Waals surface area contributed by atoms with Gasteiger partial charge in [-0.2, -0.15) is 0 Å². The van der Waals surface area contributed by atoms with Gasteiger partial charge in [0.1, 0.15) is 22.6 Å². The Labute approximate surface area is 160 Å². The highest BCUT2D eigenvalue weighted by molar-refractivity contribution is 5.90. The van der Waals surface area contributed by atoms with Gasteiger partial charge in [0.15, 0.2) is 0 Å². The molecule has 0 amide bonds. The van der Waals surface area contributed by atoms with Crippen LogP contribution in [0.4, 0.5) is 5.95 Å². The largest absolute Gasteiger partial charge is 0.506 e. The number of rotatable bonds is 3. The molecule has 0 aliphatic rings. The Morgan fingerprint density at radius 3 is 2.46 bits per heavy atom. The van der Waals surface area contributed by atoms with Crippen LogP contribution in [0.5, 0.6) is 11.5 Å². The Morgan fingerprint density at radius 2 is 1.75 bits per heavy atom. The molecule has 28 heavy (non-hydrogen) atoms. The molecule has 0 fully saturated rings. The van der Waals surface area contributed by atoms with E-state index >= 15 is 0 Å². The van der Waals surface area contributed by atoms with E-state index in [0.29, 0.717) is 22.4 Å². The number of benzene rings is 2. The van der Waals surface area contributed by atoms with Crippen LogP contribution in [-0.4, -0.2) is 22.2 Å². The molecule has 0 spiro atoms. The van der Waals surface area contributed by atoms with Gasteiger partial charge in [-0.1, -0.05) is 11.6 Å². The third kappa shape index (κ3) is 3.03. The first-order valence-corrected chi connectivity index (χ1v) is 8.52. The number of aryl methyl sites for hydroxylation is 1. The Hall–Kier alpha value is -3.87. The molecule has 0 radical (unpaired) electrons. The van der Waals surface area contributed by atoms with Crippen molar-refractivity contribution in [2.45, 2.75) is 6.92 Å². The second-order valence-electron chi connectivity index (χ2n) is 6.34. The van der Waals surface area contributed by atoms with Gasteiger partial charge in [0.05, 0.1) is 23.9 Å². The van der Waals surface area contributed by atoms with Gasteiger partial charge in [-0.3, -0.25) is 0 Å². The molecule has 0 aliphatic heterocycles. The molecule has 3 N–H and O–H groups in total. The molecule has 0 saturated carbocycles. The molecule has 140 valence electrons. The maximum Gasteiger partial charge on any atom is 0.349 e. The molecule has 0 aliphatic carbocycles. The van der Waals surface area contributed by atoms with Crippen LogP contribution in [0.3, 0.4) is 0 Å². The fraction of sp³-hybridized carbons (Fsp3) is 0.0952. The predicted molar refractivity (Wildman–Crippen MR) is 106 cm³/mol. The van der Waals surface area contributed by atoms with E-state index in [4.69, 9.17) is 14.9 Å². The van der Waals surface area contributed by atoms with Gasteiger partial charge in [0.25, 0.3) is 0 Å². The number of hydrogen-bond donors (Lipinski definition) is 2. The van der Waals surface area contributed by atoms with Gasteiger partial charge in [0, 0.05) is 5.56 Å². The average molecular weight is 375 g/mol. The highest BCUT2D eigenvalue weighted by atomic mass is 16.5. The molecule has 4 rings (SSSR count). The van der Waals surface area contributed by atoms with E-state index in [1.54, 1.807) is 43.5 Å². The minimum absolute atomic E-state index is 0.0218. The number of fused-ring (bicyclic) bond motifs is 1. The first-order chi connectivity index (χ1) is 13.5. The fourth-order valence-corrected chi connectivity index (χ4v) is 3.03. The summed E-state index contributed by atoms with van der Waals surface area (Å²) in [5.74, 6) is 0.481. The van der Waals surface area contributed by atoms with E-state index in [1.165, 1.54) is 0 Å². The lowest BCUT2D eigenvalue weighted by Crippen LogP contribution is -2.07. The molecule has 2 aromatic heterocycles. The second-order valence-corrected chi connectivity index (χ2v) is 6.34. The maximum atomic E-state index is 12.5. The monoisotopic (exact) mass is 375 g/mol. The zero-order valence-electron chi connectivity index (χ0n) is 15.3. The quantitative estimate of drug-likeness (QED) is 0.527. The molecule has 0 bridgehead atoms. The van der Waals surface area contributed by atoms with Crippen LogP contribution in [0.1, 0.15) is 5.56 Å². The maximum absolute atomic E-state index is 12.5. The number of nitrogens with two attached hydrogens (primary N) is 1. The molecule has 7 heteroatoms. The van der Waals surface area contributed by atoms with E-state index in [2.05, 4.69) is 9.97 Å². The van der Waals surface area contributed by atoms with Crippen LogP contribution >= 0.6 is 0 Å². The highest BCUT2D eigenvalue weighted by Gasteiger charge is 2.19. The van der Waals surface area contributed by atoms with Crippen molar-refractivity contribution in [3.63, 3.8) is 0 Å². The molecule has 0 unspecified atom stereocenters. The first kappa shape index (κ1) is 17.5. The number of anilines is 1. The van der Waals surface area contributed by atoms with Gasteiger partial charge in [-0.25, -0.2) is 14.8 Å². The smallest absolute Gasteiger partial charge is 0.349 e. The van der Waals surface area contributed by atoms with Gasteiger partial charge in [-0.15, -0.1) is 0 Å². The van der Waals surface area contributed by atoms with Gasteiger partial charge in [-0.05, 0) is 49.4 Å². The number of methoxy groups -OCH3 is 1. The van der Waals surface area contributed by atoms with Crippen LogP contribution in [0.15, 0.2) is 57.7 Å². The Balaban J connectivity index is 1.92. The van der Waals surface area contributed by atoms with Crippen LogP contribution in [0, 0.1) is 6.92 Å². The normalized spacial score (nSPS) is 10.9.